The van der Waals surface area contributed by atoms with Crippen LogP contribution in [0.25, 0.3) is 6.08 Å². The topological polar surface area (TPSA) is 37.3 Å². The quantitative estimate of drug-likeness (QED) is 0.800. The van der Waals surface area contributed by atoms with Gasteiger partial charge in [-0.2, -0.15) is 13.2 Å². The summed E-state index contributed by atoms with van der Waals surface area (Å²) in [6.45, 7) is 0. The number of phenols is 1. The molecule has 0 fully saturated rings. The van der Waals surface area contributed by atoms with Crippen LogP contribution in [-0.4, -0.2) is 10.9 Å². The fourth-order valence-electron chi connectivity index (χ4n) is 2.59. The Bertz CT molecular complexity index is 789. The fraction of sp³-hybridized carbons (Fsp3) is 0.118. The minimum atomic E-state index is -4.47. The van der Waals surface area contributed by atoms with E-state index in [2.05, 4.69) is 0 Å². The zero-order valence-electron chi connectivity index (χ0n) is 11.3. The Labute approximate surface area is 124 Å². The zero-order valence-corrected chi connectivity index (χ0v) is 11.3. The fourth-order valence-corrected chi connectivity index (χ4v) is 2.59. The Hall–Kier alpha value is -2.56. The van der Waals surface area contributed by atoms with Crippen LogP contribution in [0.15, 0.2) is 48.0 Å². The maximum Gasteiger partial charge on any atom is 0.416 e. The highest BCUT2D eigenvalue weighted by Gasteiger charge is 2.33. The van der Waals surface area contributed by atoms with E-state index in [4.69, 9.17) is 0 Å². The van der Waals surface area contributed by atoms with Crippen molar-refractivity contribution in [2.45, 2.75) is 12.6 Å². The Morgan fingerprint density at radius 1 is 1.09 bits per heavy atom. The van der Waals surface area contributed by atoms with Gasteiger partial charge in [0.15, 0.2) is 5.78 Å². The number of benzene rings is 2. The van der Waals surface area contributed by atoms with Crippen LogP contribution < -0.4 is 0 Å². The molecule has 2 aromatic carbocycles. The van der Waals surface area contributed by atoms with Crippen molar-refractivity contribution in [3.8, 4) is 5.75 Å². The predicted octanol–water partition coefficient (Wildman–Crippen LogP) is 4.23. The molecular formula is C17H11F3O2. The van der Waals surface area contributed by atoms with Gasteiger partial charge in [-0.1, -0.05) is 18.2 Å². The second-order valence-corrected chi connectivity index (χ2v) is 5.10. The lowest BCUT2D eigenvalue weighted by molar-refractivity contribution is -0.137. The molecule has 0 bridgehead atoms. The molecule has 0 unspecified atom stereocenters. The number of aromatic hydroxyl groups is 1. The molecule has 5 heteroatoms. The van der Waals surface area contributed by atoms with Gasteiger partial charge in [-0.25, -0.2) is 0 Å². The van der Waals surface area contributed by atoms with Crippen molar-refractivity contribution >= 4 is 11.9 Å². The van der Waals surface area contributed by atoms with Crippen LogP contribution in [0.3, 0.4) is 0 Å². The number of hydrogen-bond acceptors (Lipinski definition) is 2. The number of phenolic OH excluding ortho intramolecular Hbond substituents is 1. The van der Waals surface area contributed by atoms with Gasteiger partial charge < -0.3 is 5.11 Å². The molecule has 0 aliphatic heterocycles. The van der Waals surface area contributed by atoms with E-state index < -0.39 is 11.7 Å². The van der Waals surface area contributed by atoms with Crippen molar-refractivity contribution in [2.24, 2.45) is 0 Å². The minimum absolute atomic E-state index is 0.0310. The molecule has 0 spiro atoms. The molecule has 0 radical (unpaired) electrons. The van der Waals surface area contributed by atoms with E-state index >= 15 is 0 Å². The normalized spacial score (nSPS) is 16.1. The van der Waals surface area contributed by atoms with Gasteiger partial charge in [0, 0.05) is 17.6 Å². The number of hydrogen-bond donors (Lipinski definition) is 1. The molecule has 112 valence electrons. The minimum Gasteiger partial charge on any atom is -0.508 e. The Balaban J connectivity index is 2.04. The van der Waals surface area contributed by atoms with E-state index in [0.29, 0.717) is 11.1 Å². The zero-order chi connectivity index (χ0) is 15.9. The molecule has 22 heavy (non-hydrogen) atoms. The van der Waals surface area contributed by atoms with Crippen LogP contribution in [-0.2, 0) is 12.6 Å². The molecule has 0 atom stereocenters. The summed E-state index contributed by atoms with van der Waals surface area (Å²) in [6.07, 6.45) is -2.97. The van der Waals surface area contributed by atoms with Crippen LogP contribution >= 0.6 is 0 Å². The molecule has 1 aliphatic rings. The van der Waals surface area contributed by atoms with Crippen LogP contribution in [0.2, 0.25) is 0 Å². The SMILES string of the molecule is O=C1/C(=C/c2ccccc2C(F)(F)F)Cc2cc(O)ccc21. The number of rotatable bonds is 1. The number of Topliss-reactive ketones (excluding diaryl/α,β-unsaturated/α-hetero) is 1. The van der Waals surface area contributed by atoms with Crippen molar-refractivity contribution in [3.05, 3.63) is 70.3 Å². The summed E-state index contributed by atoms with van der Waals surface area (Å²) in [7, 11) is 0. The number of carbonyl (C=O) groups is 1. The van der Waals surface area contributed by atoms with E-state index in [-0.39, 0.29) is 29.1 Å². The maximum absolute atomic E-state index is 13.0. The lowest BCUT2D eigenvalue weighted by Gasteiger charge is -2.10. The summed E-state index contributed by atoms with van der Waals surface area (Å²) < 4.78 is 39.0. The Morgan fingerprint density at radius 2 is 1.82 bits per heavy atom. The van der Waals surface area contributed by atoms with Crippen molar-refractivity contribution in [3.63, 3.8) is 0 Å². The first-order chi connectivity index (χ1) is 10.4. The first-order valence-electron chi connectivity index (χ1n) is 6.59. The third-order valence-electron chi connectivity index (χ3n) is 3.60. The molecule has 0 saturated carbocycles. The lowest BCUT2D eigenvalue weighted by atomic mass is 10.0. The molecule has 0 heterocycles. The molecule has 2 nitrogen and oxygen atoms in total. The first-order valence-corrected chi connectivity index (χ1v) is 6.59. The molecule has 0 saturated heterocycles. The van der Waals surface area contributed by atoms with Crippen LogP contribution in [0.4, 0.5) is 13.2 Å². The number of alkyl halides is 3. The van der Waals surface area contributed by atoms with Gasteiger partial charge in [0.2, 0.25) is 0 Å². The molecule has 0 aromatic heterocycles. The second-order valence-electron chi connectivity index (χ2n) is 5.10. The summed E-state index contributed by atoms with van der Waals surface area (Å²) in [6, 6.07) is 9.49. The third-order valence-corrected chi connectivity index (χ3v) is 3.60. The number of carbonyl (C=O) groups excluding carboxylic acids is 1. The van der Waals surface area contributed by atoms with Crippen LogP contribution in [0, 0.1) is 0 Å². The molecular weight excluding hydrogens is 293 g/mol. The molecule has 0 amide bonds. The second kappa shape index (κ2) is 5.02. The number of allylic oxidation sites excluding steroid dienone is 1. The summed E-state index contributed by atoms with van der Waals surface area (Å²) in [5, 5.41) is 9.43. The first kappa shape index (κ1) is 14.4. The van der Waals surface area contributed by atoms with Crippen molar-refractivity contribution in [2.75, 3.05) is 0 Å². The van der Waals surface area contributed by atoms with Gasteiger partial charge in [0.05, 0.1) is 5.56 Å². The maximum atomic E-state index is 13.0. The number of fused-ring (bicyclic) bond motifs is 1. The standard InChI is InChI=1S/C17H11F3O2/c18-17(19,20)15-4-2-1-3-10(15)7-12-8-11-9-13(21)5-6-14(11)16(12)22/h1-7,9,21H,8H2/b12-7+. The van der Waals surface area contributed by atoms with E-state index in [9.17, 15) is 23.1 Å². The number of ketones is 1. The van der Waals surface area contributed by atoms with Crippen molar-refractivity contribution in [1.82, 2.24) is 0 Å². The van der Waals surface area contributed by atoms with Gasteiger partial charge >= 0.3 is 6.18 Å². The Morgan fingerprint density at radius 3 is 2.55 bits per heavy atom. The van der Waals surface area contributed by atoms with Gasteiger partial charge in [0.1, 0.15) is 5.75 Å². The van der Waals surface area contributed by atoms with E-state index in [1.165, 1.54) is 42.5 Å². The van der Waals surface area contributed by atoms with E-state index in [1.807, 2.05) is 0 Å². The van der Waals surface area contributed by atoms with Crippen LogP contribution in [0.5, 0.6) is 5.75 Å². The van der Waals surface area contributed by atoms with Crippen molar-refractivity contribution in [1.29, 1.82) is 0 Å². The predicted molar refractivity (Wildman–Crippen MR) is 75.6 cm³/mol. The van der Waals surface area contributed by atoms with Gasteiger partial charge in [0.25, 0.3) is 0 Å². The highest BCUT2D eigenvalue weighted by molar-refractivity contribution is 6.15. The number of halogens is 3. The highest BCUT2D eigenvalue weighted by Crippen LogP contribution is 2.35. The van der Waals surface area contributed by atoms with Crippen molar-refractivity contribution < 1.29 is 23.1 Å². The largest absolute Gasteiger partial charge is 0.508 e. The summed E-state index contributed by atoms with van der Waals surface area (Å²) >= 11 is 0. The summed E-state index contributed by atoms with van der Waals surface area (Å²) in [4.78, 5) is 12.2. The van der Waals surface area contributed by atoms with Gasteiger partial charge in [-0.3, -0.25) is 4.79 Å². The van der Waals surface area contributed by atoms with E-state index in [0.717, 1.165) is 6.07 Å². The highest BCUT2D eigenvalue weighted by atomic mass is 19.4. The Kier molecular flexibility index (Phi) is 3.28. The third kappa shape index (κ3) is 2.50. The average Bonchev–Trinajstić information content (AvgIpc) is 2.74. The molecule has 2 aromatic rings. The summed E-state index contributed by atoms with van der Waals surface area (Å²) in [5.41, 5.74) is 0.538. The molecule has 1 aliphatic carbocycles. The molecule has 1 N–H and O–H groups in total. The average molecular weight is 304 g/mol. The van der Waals surface area contributed by atoms with Crippen LogP contribution in [0.1, 0.15) is 27.0 Å². The summed E-state index contributed by atoms with van der Waals surface area (Å²) in [5.74, 6) is -0.268. The monoisotopic (exact) mass is 304 g/mol. The van der Waals surface area contributed by atoms with Gasteiger partial charge in [-0.15, -0.1) is 0 Å². The van der Waals surface area contributed by atoms with Gasteiger partial charge in [-0.05, 0) is 41.5 Å². The van der Waals surface area contributed by atoms with E-state index in [1.54, 1.807) is 0 Å². The lowest BCUT2D eigenvalue weighted by Crippen LogP contribution is -2.07. The smallest absolute Gasteiger partial charge is 0.416 e. The molecule has 3 rings (SSSR count).